The van der Waals surface area contributed by atoms with Crippen molar-refractivity contribution < 1.29 is 9.53 Å². The molecule has 0 fully saturated rings. The van der Waals surface area contributed by atoms with Crippen molar-refractivity contribution in [3.05, 3.63) is 34.6 Å². The largest absolute Gasteiger partial charge is 0.461 e. The molecule has 2 aromatic heterocycles. The molecule has 0 spiro atoms. The number of hydrogen-bond donors (Lipinski definition) is 0. The van der Waals surface area contributed by atoms with Gasteiger partial charge in [-0.05, 0) is 41.1 Å². The predicted molar refractivity (Wildman–Crippen MR) is 58.8 cm³/mol. The van der Waals surface area contributed by atoms with Crippen LogP contribution in [0, 0.1) is 0 Å². The molecule has 0 saturated carbocycles. The first kappa shape index (κ1) is 10.2. The molecule has 0 aliphatic carbocycles. The fraction of sp³-hybridized carbons (Fsp3) is 0.200. The highest BCUT2D eigenvalue weighted by Gasteiger charge is 2.12. The van der Waals surface area contributed by atoms with Crippen LogP contribution >= 0.6 is 15.9 Å². The van der Waals surface area contributed by atoms with Crippen LogP contribution in [0.15, 0.2) is 28.9 Å². The van der Waals surface area contributed by atoms with Crippen molar-refractivity contribution in [1.29, 1.82) is 0 Å². The van der Waals surface area contributed by atoms with Crippen molar-refractivity contribution in [2.45, 2.75) is 6.92 Å². The molecule has 0 aliphatic rings. The Kier molecular flexibility index (Phi) is 2.73. The van der Waals surface area contributed by atoms with E-state index >= 15 is 0 Å². The summed E-state index contributed by atoms with van der Waals surface area (Å²) >= 11 is 3.39. The highest BCUT2D eigenvalue weighted by atomic mass is 79.9. The number of carbonyl (C=O) groups excluding carboxylic acids is 1. The molecule has 0 bridgehead atoms. The number of nitrogens with zero attached hydrogens (tertiary/aromatic N) is 2. The fourth-order valence-electron chi connectivity index (χ4n) is 1.29. The molecular weight excluding hydrogens is 260 g/mol. The summed E-state index contributed by atoms with van der Waals surface area (Å²) in [5.74, 6) is -0.395. The first-order chi connectivity index (χ1) is 7.22. The average Bonchev–Trinajstić information content (AvgIpc) is 2.63. The van der Waals surface area contributed by atoms with Crippen molar-refractivity contribution in [3.8, 4) is 0 Å². The molecule has 2 heterocycles. The Morgan fingerprint density at radius 3 is 3.13 bits per heavy atom. The van der Waals surface area contributed by atoms with Gasteiger partial charge in [0.15, 0.2) is 5.69 Å². The summed E-state index contributed by atoms with van der Waals surface area (Å²) < 4.78 is 7.40. The molecule has 5 heteroatoms. The van der Waals surface area contributed by atoms with E-state index in [-0.39, 0.29) is 0 Å². The highest BCUT2D eigenvalue weighted by Crippen LogP contribution is 2.18. The molecule has 0 radical (unpaired) electrons. The molecule has 0 amide bonds. The summed E-state index contributed by atoms with van der Waals surface area (Å²) in [7, 11) is 0. The number of carbonyl (C=O) groups is 1. The zero-order valence-corrected chi connectivity index (χ0v) is 9.69. The predicted octanol–water partition coefficient (Wildman–Crippen LogP) is 2.27. The Hall–Kier alpha value is -1.36. The molecule has 0 unspecified atom stereocenters. The number of rotatable bonds is 2. The molecule has 0 atom stereocenters. The van der Waals surface area contributed by atoms with Crippen molar-refractivity contribution in [1.82, 2.24) is 9.61 Å². The lowest BCUT2D eigenvalue weighted by molar-refractivity contribution is 0.0519. The summed E-state index contributed by atoms with van der Waals surface area (Å²) in [5.41, 5.74) is 1.17. The smallest absolute Gasteiger partial charge is 0.358 e. The molecule has 2 rings (SSSR count). The van der Waals surface area contributed by atoms with E-state index in [0.717, 1.165) is 9.99 Å². The van der Waals surface area contributed by atoms with Crippen LogP contribution in [0.2, 0.25) is 0 Å². The van der Waals surface area contributed by atoms with Gasteiger partial charge in [-0.2, -0.15) is 5.10 Å². The average molecular weight is 269 g/mol. The molecule has 0 saturated heterocycles. The third-order valence-electron chi connectivity index (χ3n) is 1.93. The van der Waals surface area contributed by atoms with Crippen molar-refractivity contribution >= 4 is 27.4 Å². The number of fused-ring (bicyclic) bond motifs is 1. The van der Waals surface area contributed by atoms with Gasteiger partial charge >= 0.3 is 5.97 Å². The Morgan fingerprint density at radius 2 is 2.47 bits per heavy atom. The van der Waals surface area contributed by atoms with E-state index in [1.807, 2.05) is 12.1 Å². The van der Waals surface area contributed by atoms with Gasteiger partial charge in [0.2, 0.25) is 0 Å². The van der Waals surface area contributed by atoms with Crippen molar-refractivity contribution in [2.24, 2.45) is 0 Å². The monoisotopic (exact) mass is 268 g/mol. The minimum absolute atomic E-state index is 0.323. The van der Waals surface area contributed by atoms with Gasteiger partial charge in [-0.15, -0.1) is 0 Å². The van der Waals surface area contributed by atoms with Crippen LogP contribution < -0.4 is 0 Å². The van der Waals surface area contributed by atoms with E-state index in [1.165, 1.54) is 0 Å². The summed E-state index contributed by atoms with van der Waals surface area (Å²) in [5, 5.41) is 4.10. The number of ether oxygens (including phenoxy) is 1. The first-order valence-corrected chi connectivity index (χ1v) is 5.32. The second-order valence-electron chi connectivity index (χ2n) is 2.94. The first-order valence-electron chi connectivity index (χ1n) is 4.53. The van der Waals surface area contributed by atoms with Gasteiger partial charge < -0.3 is 4.74 Å². The second kappa shape index (κ2) is 4.02. The SMILES string of the molecule is CCOC(=O)c1cc2c(Br)cccn2n1. The normalized spacial score (nSPS) is 10.5. The lowest BCUT2D eigenvalue weighted by Crippen LogP contribution is -2.05. The van der Waals surface area contributed by atoms with Crippen LogP contribution in [0.3, 0.4) is 0 Å². The molecule has 0 N–H and O–H groups in total. The Morgan fingerprint density at radius 1 is 1.67 bits per heavy atom. The van der Waals surface area contributed by atoms with E-state index in [0.29, 0.717) is 12.3 Å². The van der Waals surface area contributed by atoms with Crippen LogP contribution in [-0.2, 0) is 4.74 Å². The third kappa shape index (κ3) is 1.87. The van der Waals surface area contributed by atoms with E-state index in [9.17, 15) is 4.79 Å². The maximum Gasteiger partial charge on any atom is 0.358 e. The second-order valence-corrected chi connectivity index (χ2v) is 3.79. The minimum atomic E-state index is -0.395. The molecule has 78 valence electrons. The van der Waals surface area contributed by atoms with Crippen LogP contribution in [-0.4, -0.2) is 22.2 Å². The summed E-state index contributed by atoms with van der Waals surface area (Å²) in [6.07, 6.45) is 1.78. The van der Waals surface area contributed by atoms with Gasteiger partial charge in [-0.3, -0.25) is 0 Å². The maximum absolute atomic E-state index is 11.4. The van der Waals surface area contributed by atoms with Gasteiger partial charge in [0.05, 0.1) is 12.1 Å². The van der Waals surface area contributed by atoms with Gasteiger partial charge in [0.25, 0.3) is 0 Å². The minimum Gasteiger partial charge on any atom is -0.461 e. The Bertz CT molecular complexity index is 507. The van der Waals surface area contributed by atoms with E-state index < -0.39 is 5.97 Å². The van der Waals surface area contributed by atoms with Crippen LogP contribution in [0.4, 0.5) is 0 Å². The van der Waals surface area contributed by atoms with Gasteiger partial charge in [-0.1, -0.05) is 0 Å². The molecular formula is C10H9BrN2O2. The molecule has 4 nitrogen and oxygen atoms in total. The topological polar surface area (TPSA) is 43.6 Å². The van der Waals surface area contributed by atoms with Crippen LogP contribution in [0.1, 0.15) is 17.4 Å². The van der Waals surface area contributed by atoms with Crippen molar-refractivity contribution in [2.75, 3.05) is 6.61 Å². The Labute approximate surface area is 95.0 Å². The van der Waals surface area contributed by atoms with Crippen LogP contribution in [0.25, 0.3) is 5.52 Å². The lowest BCUT2D eigenvalue weighted by atomic mass is 10.3. The van der Waals surface area contributed by atoms with Crippen molar-refractivity contribution in [3.63, 3.8) is 0 Å². The summed E-state index contributed by atoms with van der Waals surface area (Å²) in [6.45, 7) is 2.12. The molecule has 15 heavy (non-hydrogen) atoms. The fourth-order valence-corrected chi connectivity index (χ4v) is 1.73. The van der Waals surface area contributed by atoms with Gasteiger partial charge in [-0.25, -0.2) is 9.31 Å². The van der Waals surface area contributed by atoms with E-state index in [2.05, 4.69) is 21.0 Å². The molecule has 0 aromatic carbocycles. The molecule has 2 aromatic rings. The number of pyridine rings is 1. The van der Waals surface area contributed by atoms with Gasteiger partial charge in [0.1, 0.15) is 0 Å². The zero-order chi connectivity index (χ0) is 10.8. The van der Waals surface area contributed by atoms with E-state index in [1.54, 1.807) is 23.7 Å². The quantitative estimate of drug-likeness (QED) is 0.785. The van der Waals surface area contributed by atoms with Crippen LogP contribution in [0.5, 0.6) is 0 Å². The zero-order valence-electron chi connectivity index (χ0n) is 8.11. The van der Waals surface area contributed by atoms with E-state index in [4.69, 9.17) is 4.74 Å². The highest BCUT2D eigenvalue weighted by molar-refractivity contribution is 9.10. The lowest BCUT2D eigenvalue weighted by Gasteiger charge is -1.95. The van der Waals surface area contributed by atoms with Gasteiger partial charge in [0, 0.05) is 10.7 Å². The third-order valence-corrected chi connectivity index (χ3v) is 2.61. The summed E-state index contributed by atoms with van der Waals surface area (Å²) in [4.78, 5) is 11.4. The summed E-state index contributed by atoms with van der Waals surface area (Å²) in [6, 6.07) is 5.44. The number of halogens is 1. The Balaban J connectivity index is 2.47. The maximum atomic E-state index is 11.4. The number of hydrogen-bond acceptors (Lipinski definition) is 3. The molecule has 0 aliphatic heterocycles. The number of esters is 1. The standard InChI is InChI=1S/C10H9BrN2O2/c1-2-15-10(14)8-6-9-7(11)4-3-5-13(9)12-8/h3-6H,2H2,1H3. The number of aromatic nitrogens is 2.